The molecule has 0 unspecified atom stereocenters. The number of aryl methyl sites for hydroxylation is 1. The molecule has 1 amide bonds. The maximum absolute atomic E-state index is 13.8. The van der Waals surface area contributed by atoms with Crippen LogP contribution in [0.5, 0.6) is 0 Å². The monoisotopic (exact) mass is 342 g/mol. The Morgan fingerprint density at radius 2 is 1.96 bits per heavy atom. The molecule has 0 radical (unpaired) electrons. The van der Waals surface area contributed by atoms with Crippen molar-refractivity contribution in [1.29, 1.82) is 0 Å². The van der Waals surface area contributed by atoms with Crippen LogP contribution in [0, 0.1) is 22.9 Å². The summed E-state index contributed by atoms with van der Waals surface area (Å²) in [4.78, 5) is 24.6. The Morgan fingerprint density at radius 3 is 2.64 bits per heavy atom. The van der Waals surface area contributed by atoms with Gasteiger partial charge in [-0.3, -0.25) is 14.9 Å². The first kappa shape index (κ1) is 16.6. The molecule has 6 nitrogen and oxygen atoms in total. The lowest BCUT2D eigenvalue weighted by Gasteiger charge is -2.16. The molecule has 1 heterocycles. The van der Waals surface area contributed by atoms with E-state index in [2.05, 4.69) is 0 Å². The Hall–Kier alpha value is -3.22. The Kier molecular flexibility index (Phi) is 4.22. The number of para-hydroxylation sites is 2. The average molecular weight is 342 g/mol. The molecule has 0 spiro atoms. The fraction of sp³-hybridized carbons (Fsp3) is 0.167. The number of nitrogens with zero attached hydrogens (tertiary/aromatic N) is 2. The minimum Gasteiger partial charge on any atom is -0.448 e. The van der Waals surface area contributed by atoms with Crippen molar-refractivity contribution in [2.24, 2.45) is 0 Å². The smallest absolute Gasteiger partial charge is 0.289 e. The van der Waals surface area contributed by atoms with E-state index in [9.17, 15) is 19.3 Å². The van der Waals surface area contributed by atoms with E-state index < -0.39 is 16.6 Å². The van der Waals surface area contributed by atoms with Gasteiger partial charge in [-0.1, -0.05) is 30.3 Å². The first-order valence-electron chi connectivity index (χ1n) is 7.55. The number of halogens is 1. The molecular formula is C18H15FN2O4. The number of rotatable bonds is 4. The van der Waals surface area contributed by atoms with Gasteiger partial charge in [0.2, 0.25) is 0 Å². The number of hydrogen-bond acceptors (Lipinski definition) is 4. The molecule has 7 heteroatoms. The zero-order valence-electron chi connectivity index (χ0n) is 13.7. The Morgan fingerprint density at radius 1 is 1.24 bits per heavy atom. The van der Waals surface area contributed by atoms with E-state index in [1.54, 1.807) is 37.3 Å². The van der Waals surface area contributed by atoms with Crippen molar-refractivity contribution in [3.63, 3.8) is 0 Å². The van der Waals surface area contributed by atoms with Crippen LogP contribution in [0.15, 0.2) is 46.9 Å². The standard InChI is InChI=1S/C18H15FN2O4/c1-11-13-7-5-8-14(19)17(13)25-16(11)18(22)20(2)10-12-6-3-4-9-15(12)21(23)24/h3-9H,10H2,1-2H3. The lowest BCUT2D eigenvalue weighted by atomic mass is 10.1. The second-order valence-electron chi connectivity index (χ2n) is 5.72. The fourth-order valence-corrected chi connectivity index (χ4v) is 2.74. The van der Waals surface area contributed by atoms with E-state index in [0.717, 1.165) is 0 Å². The van der Waals surface area contributed by atoms with Crippen LogP contribution >= 0.6 is 0 Å². The summed E-state index contributed by atoms with van der Waals surface area (Å²) in [5.41, 5.74) is 0.911. The third-order valence-electron chi connectivity index (χ3n) is 4.05. The van der Waals surface area contributed by atoms with Gasteiger partial charge in [0.15, 0.2) is 17.2 Å². The number of hydrogen-bond donors (Lipinski definition) is 0. The van der Waals surface area contributed by atoms with E-state index in [0.29, 0.717) is 16.5 Å². The van der Waals surface area contributed by atoms with Crippen molar-refractivity contribution >= 4 is 22.6 Å². The van der Waals surface area contributed by atoms with Gasteiger partial charge in [0.25, 0.3) is 11.6 Å². The number of amides is 1. The minimum absolute atomic E-state index is 0.0289. The third-order valence-corrected chi connectivity index (χ3v) is 4.05. The molecule has 0 N–H and O–H groups in total. The highest BCUT2D eigenvalue weighted by Gasteiger charge is 2.24. The van der Waals surface area contributed by atoms with Crippen molar-refractivity contribution in [2.45, 2.75) is 13.5 Å². The highest BCUT2D eigenvalue weighted by atomic mass is 19.1. The molecule has 1 aromatic heterocycles. The van der Waals surface area contributed by atoms with Crippen LogP contribution in [0.25, 0.3) is 11.0 Å². The van der Waals surface area contributed by atoms with E-state index >= 15 is 0 Å². The zero-order valence-corrected chi connectivity index (χ0v) is 13.7. The van der Waals surface area contributed by atoms with E-state index in [1.807, 2.05) is 0 Å². The number of carbonyl (C=O) groups excluding carboxylic acids is 1. The molecule has 0 fully saturated rings. The van der Waals surface area contributed by atoms with Gasteiger partial charge < -0.3 is 9.32 Å². The molecule has 0 atom stereocenters. The molecule has 25 heavy (non-hydrogen) atoms. The number of furan rings is 1. The maximum Gasteiger partial charge on any atom is 0.289 e. The highest BCUT2D eigenvalue weighted by Crippen LogP contribution is 2.28. The molecule has 3 rings (SSSR count). The molecule has 0 saturated carbocycles. The van der Waals surface area contributed by atoms with Gasteiger partial charge in [-0.05, 0) is 13.0 Å². The van der Waals surface area contributed by atoms with Gasteiger partial charge in [0, 0.05) is 29.6 Å². The Labute approximate surface area is 142 Å². The van der Waals surface area contributed by atoms with Gasteiger partial charge in [-0.25, -0.2) is 4.39 Å². The molecule has 0 aliphatic rings. The van der Waals surface area contributed by atoms with Crippen molar-refractivity contribution in [1.82, 2.24) is 4.90 Å². The van der Waals surface area contributed by atoms with Crippen molar-refractivity contribution in [3.05, 3.63) is 75.3 Å². The van der Waals surface area contributed by atoms with Crippen LogP contribution in [0.1, 0.15) is 21.7 Å². The van der Waals surface area contributed by atoms with Crippen LogP contribution in [0.4, 0.5) is 10.1 Å². The number of fused-ring (bicyclic) bond motifs is 1. The summed E-state index contributed by atoms with van der Waals surface area (Å²) in [5.74, 6) is -0.978. The first-order chi connectivity index (χ1) is 11.9. The quantitative estimate of drug-likeness (QED) is 0.529. The predicted molar refractivity (Wildman–Crippen MR) is 89.8 cm³/mol. The Bertz CT molecular complexity index is 980. The topological polar surface area (TPSA) is 76.6 Å². The first-order valence-corrected chi connectivity index (χ1v) is 7.55. The SMILES string of the molecule is Cc1c(C(=O)N(C)Cc2ccccc2[N+](=O)[O-])oc2c(F)cccc12. The molecule has 2 aromatic carbocycles. The molecule has 3 aromatic rings. The van der Waals surface area contributed by atoms with Crippen LogP contribution in [-0.4, -0.2) is 22.8 Å². The maximum atomic E-state index is 13.8. The van der Waals surface area contributed by atoms with Gasteiger partial charge in [-0.2, -0.15) is 0 Å². The molecule has 128 valence electrons. The molecule has 0 saturated heterocycles. The second kappa shape index (κ2) is 6.35. The van der Waals surface area contributed by atoms with Gasteiger partial charge in [-0.15, -0.1) is 0 Å². The van der Waals surface area contributed by atoms with E-state index in [-0.39, 0.29) is 23.6 Å². The summed E-state index contributed by atoms with van der Waals surface area (Å²) in [6.07, 6.45) is 0. The van der Waals surface area contributed by atoms with Crippen LogP contribution in [0.3, 0.4) is 0 Å². The number of carbonyl (C=O) groups is 1. The summed E-state index contributed by atoms with van der Waals surface area (Å²) in [7, 11) is 1.52. The average Bonchev–Trinajstić information content (AvgIpc) is 2.93. The van der Waals surface area contributed by atoms with Crippen molar-refractivity contribution in [2.75, 3.05) is 7.05 Å². The predicted octanol–water partition coefficient (Wildman–Crippen LogP) is 4.06. The lowest BCUT2D eigenvalue weighted by molar-refractivity contribution is -0.385. The largest absolute Gasteiger partial charge is 0.448 e. The molecule has 0 bridgehead atoms. The second-order valence-corrected chi connectivity index (χ2v) is 5.72. The lowest BCUT2D eigenvalue weighted by Crippen LogP contribution is -2.26. The van der Waals surface area contributed by atoms with E-state index in [1.165, 1.54) is 24.1 Å². The van der Waals surface area contributed by atoms with Crippen LogP contribution in [-0.2, 0) is 6.54 Å². The Balaban J connectivity index is 1.93. The summed E-state index contributed by atoms with van der Waals surface area (Å²) in [6.45, 7) is 1.71. The van der Waals surface area contributed by atoms with Gasteiger partial charge in [0.1, 0.15) is 0 Å². The highest BCUT2D eigenvalue weighted by molar-refractivity contribution is 5.98. The third kappa shape index (κ3) is 2.96. The fourth-order valence-electron chi connectivity index (χ4n) is 2.74. The van der Waals surface area contributed by atoms with Gasteiger partial charge >= 0.3 is 0 Å². The minimum atomic E-state index is -0.541. The molecule has 0 aliphatic heterocycles. The van der Waals surface area contributed by atoms with Crippen molar-refractivity contribution < 1.29 is 18.5 Å². The summed E-state index contributed by atoms with van der Waals surface area (Å²) < 4.78 is 19.3. The summed E-state index contributed by atoms with van der Waals surface area (Å²) >= 11 is 0. The van der Waals surface area contributed by atoms with Crippen LogP contribution in [0.2, 0.25) is 0 Å². The molecular weight excluding hydrogens is 327 g/mol. The van der Waals surface area contributed by atoms with Gasteiger partial charge in [0.05, 0.1) is 11.5 Å². The van der Waals surface area contributed by atoms with Crippen molar-refractivity contribution in [3.8, 4) is 0 Å². The normalized spacial score (nSPS) is 10.8. The zero-order chi connectivity index (χ0) is 18.1. The number of nitro groups is 1. The number of benzene rings is 2. The molecule has 0 aliphatic carbocycles. The van der Waals surface area contributed by atoms with E-state index in [4.69, 9.17) is 4.42 Å². The number of nitro benzene ring substituents is 1. The summed E-state index contributed by atoms with van der Waals surface area (Å²) in [6, 6.07) is 10.7. The summed E-state index contributed by atoms with van der Waals surface area (Å²) in [5, 5.41) is 11.6. The van der Waals surface area contributed by atoms with Crippen LogP contribution < -0.4 is 0 Å².